The van der Waals surface area contributed by atoms with Gasteiger partial charge in [0.15, 0.2) is 0 Å². The zero-order chi connectivity index (χ0) is 27.3. The Labute approximate surface area is 209 Å². The first kappa shape index (κ1) is 26.5. The summed E-state index contributed by atoms with van der Waals surface area (Å²) in [5, 5.41) is 7.84. The highest BCUT2D eigenvalue weighted by Gasteiger charge is 2.36. The van der Waals surface area contributed by atoms with Crippen LogP contribution < -0.4 is 15.4 Å². The molecule has 0 radical (unpaired) electrons. The van der Waals surface area contributed by atoms with Crippen LogP contribution in [0.2, 0.25) is 0 Å². The molecular formula is C23H23F4N5O4S. The van der Waals surface area contributed by atoms with Crippen LogP contribution in [0.25, 0.3) is 11.5 Å². The summed E-state index contributed by atoms with van der Waals surface area (Å²) in [6.07, 6.45) is -4.87. The molecule has 3 N–H and O–H groups in total. The van der Waals surface area contributed by atoms with E-state index >= 15 is 4.39 Å². The molecule has 2 unspecified atom stereocenters. The van der Waals surface area contributed by atoms with Crippen LogP contribution in [-0.4, -0.2) is 38.5 Å². The molecule has 0 bridgehead atoms. The van der Waals surface area contributed by atoms with E-state index in [9.17, 15) is 22.2 Å². The standard InChI is InChI=1S/C23H23F4N5O4S/c1-22(2,3)21-31-30-19(35-21)14-8-17-18(9-15(14)24)37(29,34)11-16(28)20(33)32(17)10-12-4-6-13(7-5-12)36-23(25,26)27/h4-9,16,29H,10-11,28H2,1-3H3. The van der Waals surface area contributed by atoms with Crippen LogP contribution in [0.4, 0.5) is 23.2 Å². The normalized spacial score (nSPS) is 20.5. The van der Waals surface area contributed by atoms with E-state index in [1.165, 1.54) is 18.2 Å². The van der Waals surface area contributed by atoms with Gasteiger partial charge >= 0.3 is 6.36 Å². The van der Waals surface area contributed by atoms with Crippen LogP contribution >= 0.6 is 0 Å². The second-order valence-electron chi connectivity index (χ2n) is 9.53. The molecule has 9 nitrogen and oxygen atoms in total. The number of aromatic nitrogens is 2. The van der Waals surface area contributed by atoms with Crippen LogP contribution in [0, 0.1) is 10.6 Å². The van der Waals surface area contributed by atoms with Gasteiger partial charge in [0.25, 0.3) is 5.89 Å². The number of hydrogen-bond acceptors (Lipinski definition) is 8. The SMILES string of the molecule is CC(C)(C)c1nnc(-c2cc3c(cc2F)S(=N)(=O)CC(N)C(=O)N3Cc2ccc(OC(F)(F)F)cc2)o1. The van der Waals surface area contributed by atoms with Crippen LogP contribution in [0.15, 0.2) is 45.7 Å². The Morgan fingerprint density at radius 3 is 2.41 bits per heavy atom. The molecule has 2 aromatic carbocycles. The second-order valence-corrected chi connectivity index (χ2v) is 11.7. The van der Waals surface area contributed by atoms with Gasteiger partial charge in [-0.15, -0.1) is 23.4 Å². The Balaban J connectivity index is 1.80. The van der Waals surface area contributed by atoms with Crippen molar-refractivity contribution < 1.29 is 35.7 Å². The van der Waals surface area contributed by atoms with E-state index in [4.69, 9.17) is 14.9 Å². The summed E-state index contributed by atoms with van der Waals surface area (Å²) in [7, 11) is -3.69. The lowest BCUT2D eigenvalue weighted by atomic mass is 9.97. The fourth-order valence-corrected chi connectivity index (χ4v) is 5.32. The fourth-order valence-electron chi connectivity index (χ4n) is 3.69. The van der Waals surface area contributed by atoms with Gasteiger partial charge in [0, 0.05) is 5.41 Å². The maximum Gasteiger partial charge on any atom is 0.573 e. The molecule has 4 rings (SSSR count). The summed E-state index contributed by atoms with van der Waals surface area (Å²) < 4.78 is 83.7. The number of nitrogens with zero attached hydrogens (tertiary/aromatic N) is 3. The summed E-state index contributed by atoms with van der Waals surface area (Å²) in [5.41, 5.74) is 5.55. The number of benzene rings is 2. The summed E-state index contributed by atoms with van der Waals surface area (Å²) in [4.78, 5) is 14.1. The van der Waals surface area contributed by atoms with Crippen molar-refractivity contribution in [3.8, 4) is 17.2 Å². The zero-order valence-electron chi connectivity index (χ0n) is 19.9. The van der Waals surface area contributed by atoms with Crippen molar-refractivity contribution in [1.29, 1.82) is 4.78 Å². The average molecular weight is 542 g/mol. The van der Waals surface area contributed by atoms with Crippen LogP contribution in [-0.2, 0) is 26.5 Å². The molecule has 1 amide bonds. The molecule has 0 spiro atoms. The van der Waals surface area contributed by atoms with Gasteiger partial charge in [0.1, 0.15) is 11.6 Å². The quantitative estimate of drug-likeness (QED) is 0.469. The Kier molecular flexibility index (Phi) is 6.53. The van der Waals surface area contributed by atoms with Gasteiger partial charge in [0.2, 0.25) is 11.8 Å². The minimum absolute atomic E-state index is 0.0551. The largest absolute Gasteiger partial charge is 0.573 e. The molecule has 0 fully saturated rings. The second kappa shape index (κ2) is 9.10. The van der Waals surface area contributed by atoms with Gasteiger partial charge in [-0.05, 0) is 29.8 Å². The van der Waals surface area contributed by atoms with E-state index in [2.05, 4.69) is 14.9 Å². The molecule has 1 aliphatic heterocycles. The first-order chi connectivity index (χ1) is 17.0. The molecule has 14 heteroatoms. The molecule has 37 heavy (non-hydrogen) atoms. The first-order valence-corrected chi connectivity index (χ1v) is 12.6. The average Bonchev–Trinajstić information content (AvgIpc) is 3.25. The highest BCUT2D eigenvalue weighted by Crippen LogP contribution is 2.38. The fraction of sp³-hybridized carbons (Fsp3) is 0.348. The van der Waals surface area contributed by atoms with E-state index < -0.39 is 50.8 Å². The monoisotopic (exact) mass is 541 g/mol. The number of fused-ring (bicyclic) bond motifs is 1. The molecule has 0 aliphatic carbocycles. The molecule has 2 heterocycles. The number of halogens is 4. The molecule has 3 aromatic rings. The topological polar surface area (TPSA) is 135 Å². The Morgan fingerprint density at radius 2 is 1.84 bits per heavy atom. The third kappa shape index (κ3) is 5.59. The van der Waals surface area contributed by atoms with Crippen molar-refractivity contribution in [2.45, 2.75) is 50.0 Å². The van der Waals surface area contributed by atoms with Gasteiger partial charge in [0.05, 0.1) is 44.2 Å². The predicted molar refractivity (Wildman–Crippen MR) is 125 cm³/mol. The highest BCUT2D eigenvalue weighted by atomic mass is 32.2. The first-order valence-electron chi connectivity index (χ1n) is 10.9. The summed E-state index contributed by atoms with van der Waals surface area (Å²) in [6, 6.07) is 5.49. The Morgan fingerprint density at radius 1 is 1.19 bits per heavy atom. The lowest BCUT2D eigenvalue weighted by molar-refractivity contribution is -0.274. The molecular weight excluding hydrogens is 518 g/mol. The Bertz CT molecular complexity index is 1450. The number of rotatable bonds is 4. The maximum absolute atomic E-state index is 15.2. The number of amides is 1. The summed E-state index contributed by atoms with van der Waals surface area (Å²) in [5.74, 6) is -2.54. The van der Waals surface area contributed by atoms with E-state index in [1.807, 2.05) is 20.8 Å². The lowest BCUT2D eigenvalue weighted by Gasteiger charge is -2.25. The molecule has 0 saturated heterocycles. The number of alkyl halides is 3. The number of nitrogens with one attached hydrogen (secondary N) is 1. The number of nitrogens with two attached hydrogens (primary N) is 1. The van der Waals surface area contributed by atoms with Crippen molar-refractivity contribution >= 4 is 21.3 Å². The predicted octanol–water partition coefficient (Wildman–Crippen LogP) is 4.35. The van der Waals surface area contributed by atoms with Crippen molar-refractivity contribution in [3.05, 3.63) is 53.7 Å². The van der Waals surface area contributed by atoms with Crippen LogP contribution in [0.1, 0.15) is 32.2 Å². The van der Waals surface area contributed by atoms with Crippen molar-refractivity contribution in [2.24, 2.45) is 5.73 Å². The van der Waals surface area contributed by atoms with E-state index in [0.717, 1.165) is 23.1 Å². The van der Waals surface area contributed by atoms with E-state index in [0.29, 0.717) is 5.56 Å². The minimum Gasteiger partial charge on any atom is -0.420 e. The summed E-state index contributed by atoms with van der Waals surface area (Å²) >= 11 is 0. The van der Waals surface area contributed by atoms with Crippen molar-refractivity contribution in [3.63, 3.8) is 0 Å². The van der Waals surface area contributed by atoms with Crippen molar-refractivity contribution in [2.75, 3.05) is 10.7 Å². The van der Waals surface area contributed by atoms with Gasteiger partial charge in [-0.2, -0.15) is 0 Å². The van der Waals surface area contributed by atoms with Crippen LogP contribution in [0.5, 0.6) is 5.75 Å². The van der Waals surface area contributed by atoms with E-state index in [1.54, 1.807) is 0 Å². The maximum atomic E-state index is 15.2. The number of hydrogen-bond donors (Lipinski definition) is 2. The molecule has 2 atom stereocenters. The zero-order valence-corrected chi connectivity index (χ0v) is 20.7. The number of ether oxygens (including phenoxy) is 1. The minimum atomic E-state index is -4.87. The van der Waals surface area contributed by atoms with Gasteiger partial charge in [-0.3, -0.25) is 4.79 Å². The molecule has 1 aliphatic rings. The highest BCUT2D eigenvalue weighted by molar-refractivity contribution is 7.92. The number of carbonyl (C=O) groups is 1. The molecule has 198 valence electrons. The smallest absolute Gasteiger partial charge is 0.420 e. The summed E-state index contributed by atoms with van der Waals surface area (Å²) in [6.45, 7) is 5.24. The third-order valence-electron chi connectivity index (χ3n) is 5.49. The van der Waals surface area contributed by atoms with E-state index in [-0.39, 0.29) is 34.5 Å². The van der Waals surface area contributed by atoms with Gasteiger partial charge < -0.3 is 19.8 Å². The number of anilines is 1. The van der Waals surface area contributed by atoms with Crippen molar-refractivity contribution in [1.82, 2.24) is 10.2 Å². The van der Waals surface area contributed by atoms with Gasteiger partial charge in [-0.1, -0.05) is 32.9 Å². The van der Waals surface area contributed by atoms with Crippen LogP contribution in [0.3, 0.4) is 0 Å². The lowest BCUT2D eigenvalue weighted by Crippen LogP contribution is -2.45. The molecule has 0 saturated carbocycles. The third-order valence-corrected chi connectivity index (χ3v) is 7.35. The number of carbonyl (C=O) groups excluding carboxylic acids is 1. The molecule has 1 aromatic heterocycles. The Hall–Kier alpha value is -3.52. The van der Waals surface area contributed by atoms with Gasteiger partial charge in [-0.25, -0.2) is 13.4 Å².